The van der Waals surface area contributed by atoms with Crippen molar-refractivity contribution < 1.29 is 51.8 Å². The van der Waals surface area contributed by atoms with Gasteiger partial charge in [0.1, 0.15) is 0 Å². The molecule has 0 aliphatic heterocycles. The molecule has 8 nitrogen and oxygen atoms in total. The first-order valence-electron chi connectivity index (χ1n) is 15.4. The lowest BCUT2D eigenvalue weighted by Crippen LogP contribution is -2.10. The van der Waals surface area contributed by atoms with Crippen LogP contribution in [-0.4, -0.2) is 50.2 Å². The fourth-order valence-electron chi connectivity index (χ4n) is 0.708. The fraction of sp³-hybridized carbons (Fsp3) is 0.654. The Balaban J connectivity index is -0.000000108. The van der Waals surface area contributed by atoms with Gasteiger partial charge in [0.25, 0.3) is 0 Å². The second-order valence-electron chi connectivity index (χ2n) is 4.96. The summed E-state index contributed by atoms with van der Waals surface area (Å²) in [5.41, 5.74) is 0. The molecular formula is C26H49O8+3. The second kappa shape index (κ2) is 40.4. The third kappa shape index (κ3) is 51.6. The van der Waals surface area contributed by atoms with Crippen molar-refractivity contribution in [2.24, 2.45) is 5.92 Å². The molecule has 0 N–H and O–H groups in total. The first kappa shape index (κ1) is 22.8. The summed E-state index contributed by atoms with van der Waals surface area (Å²) in [7, 11) is 0. The molecule has 8 heteroatoms. The predicted octanol–water partition coefficient (Wildman–Crippen LogP) is 5.50. The molecule has 0 fully saturated rings. The molecule has 0 bridgehead atoms. The summed E-state index contributed by atoms with van der Waals surface area (Å²) in [6.07, 6.45) is 3.75. The van der Waals surface area contributed by atoms with Crippen molar-refractivity contribution in [3.05, 3.63) is 31.2 Å². The smallest absolute Gasteiger partial charge is 0.466 e. The standard InChI is InChI=1S/C6H12O2.C6H11O2.2C5H7O2.2C2H6/c2*1-4-8-6(7)5(2)3;2*1-3-5(6)7-4-2;2*1-2/h5H,4H2,1-3H3;4H2,1-3H3;2*1,4H2,2H3;2*1-2H3/q;3*+1;;/i1D3,4D2;;2D3,4D2;;;. The van der Waals surface area contributed by atoms with Gasteiger partial charge in [0, 0.05) is 8.22 Å². The van der Waals surface area contributed by atoms with E-state index in [1.165, 1.54) is 13.8 Å². The summed E-state index contributed by atoms with van der Waals surface area (Å²) < 4.78 is 84.8. The van der Waals surface area contributed by atoms with Crippen LogP contribution in [0.25, 0.3) is 0 Å². The maximum Gasteiger partial charge on any atom is 0.588 e. The lowest BCUT2D eigenvalue weighted by molar-refractivity contribution is -0.146. The highest BCUT2D eigenvalue weighted by molar-refractivity contribution is 5.83. The second-order valence-corrected chi connectivity index (χ2v) is 4.96. The van der Waals surface area contributed by atoms with Crippen LogP contribution < -0.4 is 0 Å². The van der Waals surface area contributed by atoms with Crippen molar-refractivity contribution in [2.75, 3.05) is 26.3 Å². The van der Waals surface area contributed by atoms with Gasteiger partial charge >= 0.3 is 36.0 Å². The molecule has 198 valence electrons. The molecule has 0 amide bonds. The quantitative estimate of drug-likeness (QED) is 0.187. The van der Waals surface area contributed by atoms with Gasteiger partial charge in [-0.05, 0) is 27.6 Å². The highest BCUT2D eigenvalue weighted by Crippen LogP contribution is 1.96. The van der Waals surface area contributed by atoms with Crippen LogP contribution in [0.3, 0.4) is 0 Å². The minimum Gasteiger partial charge on any atom is -0.466 e. The zero-order chi connectivity index (χ0) is 37.1. The monoisotopic (exact) mass is 499 g/mol. The first-order valence-corrected chi connectivity index (χ1v) is 10.4. The van der Waals surface area contributed by atoms with Crippen molar-refractivity contribution >= 4 is 23.9 Å². The van der Waals surface area contributed by atoms with Gasteiger partial charge in [0.2, 0.25) is 5.92 Å². The minimum absolute atomic E-state index is 0.201. The summed E-state index contributed by atoms with van der Waals surface area (Å²) in [5, 5.41) is 0. The van der Waals surface area contributed by atoms with E-state index in [1.807, 2.05) is 27.7 Å². The maximum absolute atomic E-state index is 10.9. The van der Waals surface area contributed by atoms with Gasteiger partial charge in [-0.2, -0.15) is 14.4 Å². The average molecular weight is 500 g/mol. The van der Waals surface area contributed by atoms with Crippen LogP contribution in [0.5, 0.6) is 0 Å². The number of hydrogen-bond donors (Lipinski definition) is 0. The molecule has 0 aliphatic carbocycles. The van der Waals surface area contributed by atoms with E-state index in [1.54, 1.807) is 33.8 Å². The third-order valence-corrected chi connectivity index (χ3v) is 2.01. The minimum atomic E-state index is -3.00. The summed E-state index contributed by atoms with van der Waals surface area (Å²) in [4.78, 5) is 41.8. The van der Waals surface area contributed by atoms with Crippen molar-refractivity contribution in [1.82, 2.24) is 0 Å². The Morgan fingerprint density at radius 2 is 1.21 bits per heavy atom. The number of carbonyl (C=O) groups excluding carboxylic acids is 4. The SMILES string of the molecule is C=[C+]C(=O)OCC.CC.CC.CCOC(=O)[C+](C)C.[2H]C([2H])([2H])C([2H])([2H])OC(=O)C(C)C.[2H]C([2H])([2H])C([2H])([2H])OC(=O)[C+]=C. The zero-order valence-electron chi connectivity index (χ0n) is 32.2. The van der Waals surface area contributed by atoms with E-state index in [2.05, 4.69) is 38.2 Å². The van der Waals surface area contributed by atoms with Gasteiger partial charge in [0.15, 0.2) is 13.2 Å². The van der Waals surface area contributed by atoms with Gasteiger partial charge in [0.05, 0.1) is 51.6 Å². The summed E-state index contributed by atoms with van der Waals surface area (Å²) in [6.45, 7) is 13.0. The molecule has 0 aromatic carbocycles. The Morgan fingerprint density at radius 1 is 0.824 bits per heavy atom. The normalized spacial score (nSPS) is 13.4. The lowest BCUT2D eigenvalue weighted by Gasteiger charge is -2.01. The topological polar surface area (TPSA) is 105 Å². The molecule has 0 aromatic rings. The Morgan fingerprint density at radius 3 is 1.44 bits per heavy atom. The molecule has 0 radical (unpaired) electrons. The van der Waals surface area contributed by atoms with Crippen molar-refractivity contribution in [3.63, 3.8) is 0 Å². The van der Waals surface area contributed by atoms with Crippen LogP contribution >= 0.6 is 0 Å². The molecule has 0 unspecified atom stereocenters. The average Bonchev–Trinajstić information content (AvgIpc) is 2.90. The molecule has 0 saturated heterocycles. The third-order valence-electron chi connectivity index (χ3n) is 2.01. The van der Waals surface area contributed by atoms with Crippen LogP contribution in [0.15, 0.2) is 13.2 Å². The molecular weight excluding hydrogens is 440 g/mol. The van der Waals surface area contributed by atoms with E-state index >= 15 is 0 Å². The predicted molar refractivity (Wildman–Crippen MR) is 136 cm³/mol. The molecule has 0 atom stereocenters. The number of hydrogen-bond acceptors (Lipinski definition) is 8. The lowest BCUT2D eigenvalue weighted by atomic mass is 10.2. The van der Waals surface area contributed by atoms with E-state index in [9.17, 15) is 19.2 Å². The Labute approximate surface area is 223 Å². The van der Waals surface area contributed by atoms with Gasteiger partial charge in [-0.1, -0.05) is 41.5 Å². The Hall–Kier alpha value is -2.95. The largest absolute Gasteiger partial charge is 0.588 e. The molecule has 0 aliphatic rings. The molecule has 0 saturated carbocycles. The fourth-order valence-corrected chi connectivity index (χ4v) is 0.708. The highest BCUT2D eigenvalue weighted by atomic mass is 16.5. The molecule has 0 rings (SSSR count). The zero-order valence-corrected chi connectivity index (χ0v) is 22.2. The van der Waals surface area contributed by atoms with Gasteiger partial charge in [-0.3, -0.25) is 4.79 Å². The molecule has 0 spiro atoms. The van der Waals surface area contributed by atoms with E-state index in [0.717, 1.165) is 0 Å². The van der Waals surface area contributed by atoms with E-state index in [0.29, 0.717) is 19.1 Å². The van der Waals surface area contributed by atoms with Crippen LogP contribution in [0.1, 0.15) is 96.6 Å². The van der Waals surface area contributed by atoms with Crippen LogP contribution in [0, 0.1) is 24.0 Å². The van der Waals surface area contributed by atoms with E-state index < -0.39 is 50.6 Å². The summed E-state index contributed by atoms with van der Waals surface area (Å²) >= 11 is 0. The summed E-state index contributed by atoms with van der Waals surface area (Å²) in [6, 6.07) is 0. The van der Waals surface area contributed by atoms with Crippen LogP contribution in [0.4, 0.5) is 0 Å². The van der Waals surface area contributed by atoms with E-state index in [-0.39, 0.29) is 5.97 Å². The highest BCUT2D eigenvalue weighted by Gasteiger charge is 2.19. The molecule has 0 aromatic heterocycles. The Kier molecular flexibility index (Phi) is 27.1. The maximum atomic E-state index is 10.9. The first-order chi connectivity index (χ1) is 19.8. The van der Waals surface area contributed by atoms with Crippen LogP contribution in [0.2, 0.25) is 0 Å². The van der Waals surface area contributed by atoms with Crippen molar-refractivity contribution in [2.45, 2.75) is 82.9 Å². The van der Waals surface area contributed by atoms with Gasteiger partial charge < -0.3 is 18.9 Å². The van der Waals surface area contributed by atoms with Crippen molar-refractivity contribution in [3.8, 4) is 0 Å². The number of rotatable bonds is 8. The summed E-state index contributed by atoms with van der Waals surface area (Å²) in [5.74, 6) is -2.61. The van der Waals surface area contributed by atoms with E-state index in [4.69, 9.17) is 13.7 Å². The number of esters is 4. The number of carbonyl (C=O) groups is 4. The molecule has 0 heterocycles. The van der Waals surface area contributed by atoms with Crippen molar-refractivity contribution in [1.29, 1.82) is 0 Å². The number of ether oxygens (including phenoxy) is 4. The van der Waals surface area contributed by atoms with Crippen LogP contribution in [-0.2, 0) is 38.1 Å². The Bertz CT molecular complexity index is 808. The van der Waals surface area contributed by atoms with Gasteiger partial charge in [-0.15, -0.1) is 0 Å². The molecule has 34 heavy (non-hydrogen) atoms. The van der Waals surface area contributed by atoms with Gasteiger partial charge in [-0.25, -0.2) is 0 Å².